The van der Waals surface area contributed by atoms with Crippen LogP contribution in [-0.2, 0) is 24.3 Å². The van der Waals surface area contributed by atoms with Gasteiger partial charge in [0.15, 0.2) is 5.16 Å². The maximum Gasteiger partial charge on any atom is 0.262 e. The molecule has 0 saturated carbocycles. The van der Waals surface area contributed by atoms with Gasteiger partial charge in [-0.15, -0.1) is 0 Å². The molecule has 1 aliphatic rings. The highest BCUT2D eigenvalue weighted by molar-refractivity contribution is 7.99. The Labute approximate surface area is 190 Å². The van der Waals surface area contributed by atoms with E-state index in [0.717, 1.165) is 24.8 Å². The third-order valence-corrected chi connectivity index (χ3v) is 7.08. The van der Waals surface area contributed by atoms with E-state index < -0.39 is 0 Å². The number of para-hydroxylation sites is 2. The van der Waals surface area contributed by atoms with Crippen molar-refractivity contribution in [3.63, 3.8) is 0 Å². The molecule has 1 N–H and O–H groups in total. The molecule has 32 heavy (non-hydrogen) atoms. The summed E-state index contributed by atoms with van der Waals surface area (Å²) in [4.78, 5) is 36.3. The van der Waals surface area contributed by atoms with E-state index in [0.29, 0.717) is 35.7 Å². The zero-order valence-electron chi connectivity index (χ0n) is 18.1. The Morgan fingerprint density at radius 3 is 2.75 bits per heavy atom. The minimum Gasteiger partial charge on any atom is -0.358 e. The van der Waals surface area contributed by atoms with E-state index in [-0.39, 0.29) is 17.2 Å². The summed E-state index contributed by atoms with van der Waals surface area (Å²) in [5.74, 6) is 0.351. The van der Waals surface area contributed by atoms with Crippen molar-refractivity contribution in [1.29, 1.82) is 0 Å². The molecule has 0 saturated heterocycles. The van der Waals surface area contributed by atoms with Crippen LogP contribution in [-0.4, -0.2) is 37.6 Å². The number of nitrogens with one attached hydrogen (secondary N) is 1. The lowest BCUT2D eigenvalue weighted by atomic mass is 10.0. The van der Waals surface area contributed by atoms with Crippen LogP contribution in [0.1, 0.15) is 31.0 Å². The summed E-state index contributed by atoms with van der Waals surface area (Å²) in [6.07, 6.45) is 2.72. The van der Waals surface area contributed by atoms with Crippen LogP contribution < -0.4 is 5.56 Å². The number of rotatable bonds is 6. The van der Waals surface area contributed by atoms with E-state index >= 15 is 0 Å². The Bertz CT molecular complexity index is 1360. The first-order chi connectivity index (χ1) is 15.7. The Balaban J connectivity index is 1.36. The zero-order valence-corrected chi connectivity index (χ0v) is 19.0. The second kappa shape index (κ2) is 8.82. The van der Waals surface area contributed by atoms with Crippen LogP contribution in [0.25, 0.3) is 21.8 Å². The molecule has 5 rings (SSSR count). The highest BCUT2D eigenvalue weighted by Gasteiger charge is 2.24. The SMILES string of the molecule is CCCCn1c(SCC(=O)N2CCc3[nH]c4ccccc4c3C2)nc2ccccc2c1=O. The van der Waals surface area contributed by atoms with Gasteiger partial charge in [-0.2, -0.15) is 0 Å². The first kappa shape index (κ1) is 20.8. The Kier molecular flexibility index (Phi) is 5.74. The standard InChI is InChI=1S/C25H26N4O2S/c1-2-3-13-29-24(31)18-9-5-7-11-21(18)27-25(29)32-16-23(30)28-14-12-22-19(15-28)17-8-4-6-10-20(17)26-22/h4-11,26H,2-3,12-16H2,1H3. The molecule has 2 aromatic heterocycles. The lowest BCUT2D eigenvalue weighted by Crippen LogP contribution is -2.37. The van der Waals surface area contributed by atoms with Crippen LogP contribution in [0.2, 0.25) is 0 Å². The van der Waals surface area contributed by atoms with E-state index in [1.54, 1.807) is 4.57 Å². The maximum atomic E-state index is 13.1. The first-order valence-electron chi connectivity index (χ1n) is 11.1. The number of aromatic amines is 1. The molecule has 0 fully saturated rings. The predicted molar refractivity (Wildman–Crippen MR) is 129 cm³/mol. The number of fused-ring (bicyclic) bond motifs is 4. The third kappa shape index (κ3) is 3.81. The molecule has 2 aromatic carbocycles. The number of hydrogen-bond donors (Lipinski definition) is 1. The largest absolute Gasteiger partial charge is 0.358 e. The monoisotopic (exact) mass is 446 g/mol. The normalized spacial score (nSPS) is 13.6. The van der Waals surface area contributed by atoms with Gasteiger partial charge in [-0.05, 0) is 24.6 Å². The lowest BCUT2D eigenvalue weighted by Gasteiger charge is -2.27. The van der Waals surface area contributed by atoms with Gasteiger partial charge >= 0.3 is 0 Å². The van der Waals surface area contributed by atoms with Gasteiger partial charge in [0.25, 0.3) is 5.56 Å². The summed E-state index contributed by atoms with van der Waals surface area (Å²) in [5, 5.41) is 2.44. The van der Waals surface area contributed by atoms with Crippen LogP contribution in [0.4, 0.5) is 0 Å². The molecular weight excluding hydrogens is 420 g/mol. The van der Waals surface area contributed by atoms with Crippen LogP contribution in [0.5, 0.6) is 0 Å². The number of H-pyrrole nitrogens is 1. The van der Waals surface area contributed by atoms with Gasteiger partial charge in [-0.1, -0.05) is 55.4 Å². The van der Waals surface area contributed by atoms with Crippen molar-refractivity contribution in [2.24, 2.45) is 0 Å². The smallest absolute Gasteiger partial charge is 0.262 e. The van der Waals surface area contributed by atoms with Crippen molar-refractivity contribution in [3.8, 4) is 0 Å². The number of carbonyl (C=O) groups is 1. The fourth-order valence-corrected chi connectivity index (χ4v) is 5.30. The summed E-state index contributed by atoms with van der Waals surface area (Å²) in [5.41, 5.74) is 4.23. The first-order valence-corrected chi connectivity index (χ1v) is 12.1. The third-order valence-electron chi connectivity index (χ3n) is 6.12. The number of amides is 1. The van der Waals surface area contributed by atoms with Gasteiger partial charge in [-0.3, -0.25) is 14.2 Å². The summed E-state index contributed by atoms with van der Waals surface area (Å²) in [7, 11) is 0. The molecule has 0 unspecified atom stereocenters. The molecule has 164 valence electrons. The van der Waals surface area contributed by atoms with Crippen molar-refractivity contribution in [1.82, 2.24) is 19.4 Å². The van der Waals surface area contributed by atoms with Gasteiger partial charge in [-0.25, -0.2) is 4.98 Å². The number of unbranched alkanes of at least 4 members (excludes halogenated alkanes) is 1. The molecule has 1 amide bonds. The van der Waals surface area contributed by atoms with E-state index in [1.165, 1.54) is 28.4 Å². The molecule has 0 bridgehead atoms. The van der Waals surface area contributed by atoms with Gasteiger partial charge in [0.2, 0.25) is 5.91 Å². The number of thioether (sulfide) groups is 1. The van der Waals surface area contributed by atoms with Gasteiger partial charge in [0.1, 0.15) is 0 Å². The maximum absolute atomic E-state index is 13.1. The molecule has 4 aromatic rings. The van der Waals surface area contributed by atoms with Gasteiger partial charge < -0.3 is 9.88 Å². The summed E-state index contributed by atoms with van der Waals surface area (Å²) in [6.45, 7) is 4.04. The van der Waals surface area contributed by atoms with E-state index in [9.17, 15) is 9.59 Å². The molecule has 0 atom stereocenters. The Morgan fingerprint density at radius 2 is 1.91 bits per heavy atom. The highest BCUT2D eigenvalue weighted by atomic mass is 32.2. The van der Waals surface area contributed by atoms with Crippen LogP contribution in [0.15, 0.2) is 58.5 Å². The topological polar surface area (TPSA) is 71.0 Å². The minimum atomic E-state index is -0.0274. The van der Waals surface area contributed by atoms with Crippen molar-refractivity contribution in [2.75, 3.05) is 12.3 Å². The molecule has 0 spiro atoms. The molecule has 1 aliphatic heterocycles. The van der Waals surface area contributed by atoms with Crippen LogP contribution in [0, 0.1) is 0 Å². The molecule has 3 heterocycles. The molecule has 0 aliphatic carbocycles. The number of carbonyl (C=O) groups excluding carboxylic acids is 1. The summed E-state index contributed by atoms with van der Waals surface area (Å²) < 4.78 is 1.73. The number of aromatic nitrogens is 3. The van der Waals surface area contributed by atoms with Crippen molar-refractivity contribution in [3.05, 3.63) is 70.1 Å². The zero-order chi connectivity index (χ0) is 22.1. The van der Waals surface area contributed by atoms with Crippen LogP contribution in [0.3, 0.4) is 0 Å². The van der Waals surface area contributed by atoms with E-state index in [2.05, 4.69) is 24.0 Å². The second-order valence-electron chi connectivity index (χ2n) is 8.20. The Hall–Kier alpha value is -3.06. The van der Waals surface area contributed by atoms with Crippen molar-refractivity contribution < 1.29 is 4.79 Å². The lowest BCUT2D eigenvalue weighted by molar-refractivity contribution is -0.129. The molecular formula is C25H26N4O2S. The minimum absolute atomic E-state index is 0.0274. The van der Waals surface area contributed by atoms with Gasteiger partial charge in [0, 0.05) is 48.2 Å². The fourth-order valence-electron chi connectivity index (χ4n) is 4.37. The number of benzene rings is 2. The van der Waals surface area contributed by atoms with Gasteiger partial charge in [0.05, 0.1) is 16.7 Å². The average molecular weight is 447 g/mol. The molecule has 7 heteroatoms. The van der Waals surface area contributed by atoms with Crippen LogP contribution >= 0.6 is 11.8 Å². The summed E-state index contributed by atoms with van der Waals surface area (Å²) in [6, 6.07) is 15.7. The number of nitrogens with zero attached hydrogens (tertiary/aromatic N) is 3. The average Bonchev–Trinajstić information content (AvgIpc) is 3.20. The highest BCUT2D eigenvalue weighted by Crippen LogP contribution is 2.28. The predicted octanol–water partition coefficient (Wildman–Crippen LogP) is 4.35. The summed E-state index contributed by atoms with van der Waals surface area (Å²) >= 11 is 1.37. The molecule has 6 nitrogen and oxygen atoms in total. The quantitative estimate of drug-likeness (QED) is 0.353. The number of hydrogen-bond acceptors (Lipinski definition) is 4. The second-order valence-corrected chi connectivity index (χ2v) is 9.15. The molecule has 0 radical (unpaired) electrons. The van der Waals surface area contributed by atoms with Crippen molar-refractivity contribution >= 4 is 39.5 Å². The van der Waals surface area contributed by atoms with Crippen molar-refractivity contribution in [2.45, 2.75) is 44.4 Å². The van der Waals surface area contributed by atoms with E-state index in [4.69, 9.17) is 4.98 Å². The fraction of sp³-hybridized carbons (Fsp3) is 0.320. The Morgan fingerprint density at radius 1 is 1.12 bits per heavy atom. The van der Waals surface area contributed by atoms with E-state index in [1.807, 2.05) is 41.3 Å².